The van der Waals surface area contributed by atoms with Gasteiger partial charge in [0.15, 0.2) is 0 Å². The Morgan fingerprint density at radius 2 is 1.81 bits per heavy atom. The van der Waals surface area contributed by atoms with Crippen LogP contribution in [-0.2, 0) is 6.42 Å². The van der Waals surface area contributed by atoms with E-state index >= 15 is 0 Å². The van der Waals surface area contributed by atoms with Gasteiger partial charge in [0.2, 0.25) is 0 Å². The van der Waals surface area contributed by atoms with Crippen molar-refractivity contribution in [2.75, 3.05) is 32.6 Å². The average molecular weight is 284 g/mol. The van der Waals surface area contributed by atoms with E-state index in [4.69, 9.17) is 0 Å². The highest BCUT2D eigenvalue weighted by Gasteiger charge is 2.17. The Morgan fingerprint density at radius 1 is 1.10 bits per heavy atom. The molecule has 110 valence electrons. The third-order valence-electron chi connectivity index (χ3n) is 3.27. The molecular formula is C16H20N4O. The van der Waals surface area contributed by atoms with Gasteiger partial charge in [0.1, 0.15) is 5.82 Å². The van der Waals surface area contributed by atoms with Crippen molar-refractivity contribution >= 4 is 11.7 Å². The molecule has 1 amide bonds. The van der Waals surface area contributed by atoms with E-state index in [1.807, 2.05) is 44.2 Å². The smallest absolute Gasteiger partial charge is 0.257 e. The maximum absolute atomic E-state index is 12.5. The van der Waals surface area contributed by atoms with Crippen LogP contribution in [0.3, 0.4) is 0 Å². The zero-order valence-electron chi connectivity index (χ0n) is 12.7. The molecular weight excluding hydrogens is 264 g/mol. The quantitative estimate of drug-likeness (QED) is 0.841. The van der Waals surface area contributed by atoms with Crippen LogP contribution in [0.25, 0.3) is 0 Å². The monoisotopic (exact) mass is 284 g/mol. The summed E-state index contributed by atoms with van der Waals surface area (Å²) in [5.41, 5.74) is 1.79. The van der Waals surface area contributed by atoms with Gasteiger partial charge >= 0.3 is 0 Å². The Bertz CT molecular complexity index is 598. The lowest BCUT2D eigenvalue weighted by Crippen LogP contribution is -2.30. The van der Waals surface area contributed by atoms with Gasteiger partial charge < -0.3 is 9.80 Å². The van der Waals surface area contributed by atoms with Gasteiger partial charge in [-0.3, -0.25) is 9.78 Å². The minimum atomic E-state index is -0.0131. The predicted molar refractivity (Wildman–Crippen MR) is 83.5 cm³/mol. The van der Waals surface area contributed by atoms with Crippen molar-refractivity contribution in [2.45, 2.75) is 6.42 Å². The highest BCUT2D eigenvalue weighted by Crippen LogP contribution is 2.16. The van der Waals surface area contributed by atoms with E-state index in [9.17, 15) is 4.79 Å². The van der Waals surface area contributed by atoms with E-state index in [0.29, 0.717) is 17.9 Å². The fourth-order valence-corrected chi connectivity index (χ4v) is 2.07. The Morgan fingerprint density at radius 3 is 2.48 bits per heavy atom. The van der Waals surface area contributed by atoms with Gasteiger partial charge in [-0.2, -0.15) is 0 Å². The second-order valence-corrected chi connectivity index (χ2v) is 5.10. The first-order valence-electron chi connectivity index (χ1n) is 6.86. The van der Waals surface area contributed by atoms with Gasteiger partial charge in [0, 0.05) is 46.3 Å². The van der Waals surface area contributed by atoms with Crippen molar-refractivity contribution in [3.63, 3.8) is 0 Å². The molecule has 0 aromatic carbocycles. The maximum atomic E-state index is 12.5. The fraction of sp³-hybridized carbons (Fsp3) is 0.312. The number of rotatable bonds is 5. The third-order valence-corrected chi connectivity index (χ3v) is 3.27. The number of nitrogens with zero attached hydrogens (tertiary/aromatic N) is 4. The topological polar surface area (TPSA) is 49.3 Å². The van der Waals surface area contributed by atoms with Crippen molar-refractivity contribution < 1.29 is 4.79 Å². The standard InChI is InChI=1S/C16H20N4O/c1-19(2)15-14(5-4-9-18-15)16(21)20(3)12-8-13-6-10-17-11-7-13/h4-7,9-11H,8,12H2,1-3H3. The molecule has 0 spiro atoms. The summed E-state index contributed by atoms with van der Waals surface area (Å²) < 4.78 is 0. The normalized spacial score (nSPS) is 10.2. The minimum Gasteiger partial charge on any atom is -0.362 e. The molecule has 0 bridgehead atoms. The van der Waals surface area contributed by atoms with Crippen LogP contribution in [0.15, 0.2) is 42.9 Å². The van der Waals surface area contributed by atoms with Crippen LogP contribution in [-0.4, -0.2) is 48.5 Å². The van der Waals surface area contributed by atoms with Gasteiger partial charge in [0.05, 0.1) is 5.56 Å². The summed E-state index contributed by atoms with van der Waals surface area (Å²) in [7, 11) is 5.59. The molecule has 2 heterocycles. The lowest BCUT2D eigenvalue weighted by Gasteiger charge is -2.21. The van der Waals surface area contributed by atoms with Crippen LogP contribution < -0.4 is 4.90 Å². The Labute approximate surface area is 125 Å². The number of pyridine rings is 2. The van der Waals surface area contributed by atoms with E-state index in [1.165, 1.54) is 5.56 Å². The molecule has 0 saturated carbocycles. The molecule has 0 saturated heterocycles. The third kappa shape index (κ3) is 3.78. The van der Waals surface area contributed by atoms with Gasteiger partial charge in [-0.05, 0) is 36.2 Å². The summed E-state index contributed by atoms with van der Waals surface area (Å²) in [6, 6.07) is 7.53. The van der Waals surface area contributed by atoms with Crippen LogP contribution >= 0.6 is 0 Å². The number of likely N-dealkylation sites (N-methyl/N-ethyl adjacent to an activating group) is 1. The number of aromatic nitrogens is 2. The molecule has 0 fully saturated rings. The second-order valence-electron chi connectivity index (χ2n) is 5.10. The van der Waals surface area contributed by atoms with Crippen LogP contribution in [0.4, 0.5) is 5.82 Å². The van der Waals surface area contributed by atoms with Crippen molar-refractivity contribution in [1.82, 2.24) is 14.9 Å². The first-order valence-corrected chi connectivity index (χ1v) is 6.86. The highest BCUT2D eigenvalue weighted by atomic mass is 16.2. The van der Waals surface area contributed by atoms with Gasteiger partial charge in [-0.25, -0.2) is 4.98 Å². The zero-order valence-corrected chi connectivity index (χ0v) is 12.7. The van der Waals surface area contributed by atoms with Crippen molar-refractivity contribution in [3.8, 4) is 0 Å². The molecule has 2 aromatic rings. The van der Waals surface area contributed by atoms with Gasteiger partial charge in [0.25, 0.3) is 5.91 Å². The molecule has 0 aliphatic heterocycles. The molecule has 0 N–H and O–H groups in total. The van der Waals surface area contributed by atoms with E-state index in [-0.39, 0.29) is 5.91 Å². The van der Waals surface area contributed by atoms with Gasteiger partial charge in [-0.1, -0.05) is 0 Å². The largest absolute Gasteiger partial charge is 0.362 e. The number of anilines is 1. The first-order chi connectivity index (χ1) is 10.1. The molecule has 0 atom stereocenters. The number of carbonyl (C=O) groups is 1. The molecule has 0 aliphatic rings. The zero-order chi connectivity index (χ0) is 15.2. The number of carbonyl (C=O) groups excluding carboxylic acids is 1. The molecule has 0 aliphatic carbocycles. The Kier molecular flexibility index (Phi) is 4.87. The Hall–Kier alpha value is -2.43. The number of hydrogen-bond acceptors (Lipinski definition) is 4. The summed E-state index contributed by atoms with van der Waals surface area (Å²) in [6.45, 7) is 0.657. The summed E-state index contributed by atoms with van der Waals surface area (Å²) in [5.74, 6) is 0.680. The first kappa shape index (κ1) is 15.0. The lowest BCUT2D eigenvalue weighted by molar-refractivity contribution is 0.0797. The van der Waals surface area contributed by atoms with E-state index in [1.54, 1.807) is 29.6 Å². The second kappa shape index (κ2) is 6.83. The van der Waals surface area contributed by atoms with Crippen LogP contribution in [0.5, 0.6) is 0 Å². The number of amides is 1. The number of hydrogen-bond donors (Lipinski definition) is 0. The van der Waals surface area contributed by atoms with Crippen molar-refractivity contribution in [2.24, 2.45) is 0 Å². The summed E-state index contributed by atoms with van der Waals surface area (Å²) in [5, 5.41) is 0. The highest BCUT2D eigenvalue weighted by molar-refractivity contribution is 5.98. The molecule has 2 rings (SSSR count). The fourth-order valence-electron chi connectivity index (χ4n) is 2.07. The summed E-state index contributed by atoms with van der Waals surface area (Å²) in [6.07, 6.45) is 6.04. The van der Waals surface area contributed by atoms with Crippen LogP contribution in [0.2, 0.25) is 0 Å². The molecule has 0 radical (unpaired) electrons. The van der Waals surface area contributed by atoms with E-state index in [0.717, 1.165) is 6.42 Å². The molecule has 2 aromatic heterocycles. The SMILES string of the molecule is CN(CCc1ccncc1)C(=O)c1cccnc1N(C)C. The van der Waals surface area contributed by atoms with Crippen LogP contribution in [0.1, 0.15) is 15.9 Å². The maximum Gasteiger partial charge on any atom is 0.257 e. The molecule has 21 heavy (non-hydrogen) atoms. The van der Waals surface area contributed by atoms with Crippen molar-refractivity contribution in [3.05, 3.63) is 54.0 Å². The minimum absolute atomic E-state index is 0.0131. The molecule has 0 unspecified atom stereocenters. The van der Waals surface area contributed by atoms with Crippen molar-refractivity contribution in [1.29, 1.82) is 0 Å². The predicted octanol–water partition coefficient (Wildman–Crippen LogP) is 1.86. The van der Waals surface area contributed by atoms with Crippen LogP contribution in [0, 0.1) is 0 Å². The van der Waals surface area contributed by atoms with Gasteiger partial charge in [-0.15, -0.1) is 0 Å². The average Bonchev–Trinajstić information content (AvgIpc) is 2.52. The lowest BCUT2D eigenvalue weighted by atomic mass is 10.1. The Balaban J connectivity index is 2.06. The van der Waals surface area contributed by atoms with E-state index in [2.05, 4.69) is 9.97 Å². The summed E-state index contributed by atoms with van der Waals surface area (Å²) >= 11 is 0. The summed E-state index contributed by atoms with van der Waals surface area (Å²) in [4.78, 5) is 24.4. The molecule has 5 heteroatoms. The van der Waals surface area contributed by atoms with E-state index < -0.39 is 0 Å². The molecule has 5 nitrogen and oxygen atoms in total.